The molecule has 4 rings (SSSR count). The highest BCUT2D eigenvalue weighted by Gasteiger charge is 2.30. The highest BCUT2D eigenvalue weighted by atomic mass is 79.9. The molecule has 1 aliphatic heterocycles. The Morgan fingerprint density at radius 2 is 1.53 bits per heavy atom. The van der Waals surface area contributed by atoms with Gasteiger partial charge in [-0.3, -0.25) is 4.79 Å². The first-order valence-corrected chi connectivity index (χ1v) is 14.2. The average Bonchev–Trinajstić information content (AvgIpc) is 2.86. The molecule has 0 spiro atoms. The molecule has 0 saturated carbocycles. The summed E-state index contributed by atoms with van der Waals surface area (Å²) in [5.74, 6) is -0.271. The molecule has 1 fully saturated rings. The normalized spacial score (nSPS) is 15.6. The SMILES string of the molecule is CN(C(=O)c1cc(S(=O)(=O)N2CCCCC2)ccc1Br)C(c1ccccc1)c1ccccc1Br. The van der Waals surface area contributed by atoms with Gasteiger partial charge in [-0.05, 0) is 64.2 Å². The molecule has 3 aromatic carbocycles. The molecule has 0 bridgehead atoms. The molecule has 0 radical (unpaired) electrons. The Hall–Kier alpha value is -2.00. The zero-order valence-electron chi connectivity index (χ0n) is 18.8. The molecule has 0 aliphatic carbocycles. The molecular formula is C26H26Br2N2O3S. The van der Waals surface area contributed by atoms with E-state index in [0.717, 1.165) is 34.9 Å². The van der Waals surface area contributed by atoms with E-state index in [9.17, 15) is 13.2 Å². The Morgan fingerprint density at radius 1 is 0.882 bits per heavy atom. The lowest BCUT2D eigenvalue weighted by atomic mass is 9.97. The number of amides is 1. The number of hydrogen-bond acceptors (Lipinski definition) is 3. The van der Waals surface area contributed by atoms with Crippen LogP contribution in [-0.2, 0) is 10.0 Å². The van der Waals surface area contributed by atoms with Crippen LogP contribution in [0.15, 0.2) is 86.6 Å². The van der Waals surface area contributed by atoms with Crippen molar-refractivity contribution in [1.82, 2.24) is 9.21 Å². The third kappa shape index (κ3) is 5.15. The first-order chi connectivity index (χ1) is 16.3. The van der Waals surface area contributed by atoms with Crippen molar-refractivity contribution in [3.8, 4) is 0 Å². The van der Waals surface area contributed by atoms with Crippen LogP contribution in [0.4, 0.5) is 0 Å². The van der Waals surface area contributed by atoms with Gasteiger partial charge in [0, 0.05) is 29.1 Å². The van der Waals surface area contributed by atoms with Crippen LogP contribution in [-0.4, -0.2) is 43.7 Å². The van der Waals surface area contributed by atoms with Crippen molar-refractivity contribution in [3.05, 3.63) is 98.4 Å². The van der Waals surface area contributed by atoms with Gasteiger partial charge in [0.1, 0.15) is 0 Å². The number of sulfonamides is 1. The predicted octanol–water partition coefficient (Wildman–Crippen LogP) is 6.25. The highest BCUT2D eigenvalue weighted by Crippen LogP contribution is 2.35. The van der Waals surface area contributed by atoms with Gasteiger partial charge in [-0.25, -0.2) is 8.42 Å². The quantitative estimate of drug-likeness (QED) is 0.334. The Morgan fingerprint density at radius 3 is 2.21 bits per heavy atom. The number of halogens is 2. The lowest BCUT2D eigenvalue weighted by molar-refractivity contribution is 0.0753. The maximum atomic E-state index is 13.8. The third-order valence-electron chi connectivity index (χ3n) is 6.14. The number of nitrogens with zero attached hydrogens (tertiary/aromatic N) is 2. The molecule has 0 aromatic heterocycles. The van der Waals surface area contributed by atoms with Gasteiger partial charge in [0.2, 0.25) is 10.0 Å². The molecule has 1 atom stereocenters. The molecule has 0 N–H and O–H groups in total. The van der Waals surface area contributed by atoms with Gasteiger partial charge in [0.25, 0.3) is 5.91 Å². The molecule has 34 heavy (non-hydrogen) atoms. The molecular weight excluding hydrogens is 580 g/mol. The molecule has 1 amide bonds. The number of benzene rings is 3. The summed E-state index contributed by atoms with van der Waals surface area (Å²) in [6.07, 6.45) is 2.75. The number of piperidine rings is 1. The van der Waals surface area contributed by atoms with Gasteiger partial charge < -0.3 is 4.90 Å². The van der Waals surface area contributed by atoms with Crippen molar-refractivity contribution in [2.24, 2.45) is 0 Å². The number of carbonyl (C=O) groups is 1. The van der Waals surface area contributed by atoms with E-state index in [1.807, 2.05) is 54.6 Å². The molecule has 5 nitrogen and oxygen atoms in total. The minimum absolute atomic E-state index is 0.145. The van der Waals surface area contributed by atoms with Gasteiger partial charge in [-0.1, -0.05) is 70.9 Å². The highest BCUT2D eigenvalue weighted by molar-refractivity contribution is 9.10. The van der Waals surface area contributed by atoms with Crippen LogP contribution in [0.3, 0.4) is 0 Å². The van der Waals surface area contributed by atoms with Crippen LogP contribution in [0.2, 0.25) is 0 Å². The Balaban J connectivity index is 1.73. The summed E-state index contributed by atoms with van der Waals surface area (Å²) in [4.78, 5) is 15.6. The van der Waals surface area contributed by atoms with Crippen LogP contribution in [0, 0.1) is 0 Å². The van der Waals surface area contributed by atoms with E-state index in [2.05, 4.69) is 31.9 Å². The summed E-state index contributed by atoms with van der Waals surface area (Å²) in [5.41, 5.74) is 2.21. The van der Waals surface area contributed by atoms with Crippen LogP contribution in [0.25, 0.3) is 0 Å². The van der Waals surface area contributed by atoms with Gasteiger partial charge in [-0.15, -0.1) is 0 Å². The predicted molar refractivity (Wildman–Crippen MR) is 141 cm³/mol. The minimum Gasteiger partial charge on any atom is -0.330 e. The standard InChI is InChI=1S/C26H26Br2N2O3S/c1-29(25(19-10-4-2-5-11-19)21-12-6-7-13-23(21)27)26(31)22-18-20(14-15-24(22)28)34(32,33)30-16-8-3-9-17-30/h2,4-7,10-15,18,25H,3,8-9,16-17H2,1H3. The minimum atomic E-state index is -3.66. The van der Waals surface area contributed by atoms with E-state index in [1.165, 1.54) is 10.4 Å². The summed E-state index contributed by atoms with van der Waals surface area (Å²) >= 11 is 7.11. The maximum Gasteiger partial charge on any atom is 0.255 e. The van der Waals surface area contributed by atoms with Gasteiger partial charge in [0.15, 0.2) is 0 Å². The lowest BCUT2D eigenvalue weighted by Crippen LogP contribution is -2.36. The van der Waals surface area contributed by atoms with Gasteiger partial charge >= 0.3 is 0 Å². The molecule has 1 saturated heterocycles. The van der Waals surface area contributed by atoms with Crippen LogP contribution < -0.4 is 0 Å². The Kier molecular flexibility index (Phi) is 7.92. The summed E-state index contributed by atoms with van der Waals surface area (Å²) < 4.78 is 29.5. The summed E-state index contributed by atoms with van der Waals surface area (Å²) in [5, 5.41) is 0. The van der Waals surface area contributed by atoms with Crippen molar-refractivity contribution in [2.75, 3.05) is 20.1 Å². The largest absolute Gasteiger partial charge is 0.330 e. The van der Waals surface area contributed by atoms with Crippen molar-refractivity contribution < 1.29 is 13.2 Å². The molecule has 1 unspecified atom stereocenters. The van der Waals surface area contributed by atoms with Crippen molar-refractivity contribution in [1.29, 1.82) is 0 Å². The molecule has 1 aliphatic rings. The van der Waals surface area contributed by atoms with E-state index >= 15 is 0 Å². The Labute approximate surface area is 218 Å². The third-order valence-corrected chi connectivity index (χ3v) is 9.45. The fraction of sp³-hybridized carbons (Fsp3) is 0.269. The maximum absolute atomic E-state index is 13.8. The van der Waals surface area contributed by atoms with Crippen molar-refractivity contribution in [2.45, 2.75) is 30.2 Å². The first-order valence-electron chi connectivity index (χ1n) is 11.2. The summed E-state index contributed by atoms with van der Waals surface area (Å²) in [7, 11) is -1.91. The second-order valence-corrected chi connectivity index (χ2v) is 12.0. The molecule has 1 heterocycles. The summed E-state index contributed by atoms with van der Waals surface area (Å²) in [6.45, 7) is 1.03. The lowest BCUT2D eigenvalue weighted by Gasteiger charge is -2.30. The smallest absolute Gasteiger partial charge is 0.255 e. The number of carbonyl (C=O) groups excluding carboxylic acids is 1. The second kappa shape index (κ2) is 10.7. The van der Waals surface area contributed by atoms with Gasteiger partial charge in [0.05, 0.1) is 16.5 Å². The topological polar surface area (TPSA) is 57.7 Å². The second-order valence-electron chi connectivity index (χ2n) is 8.36. The van der Waals surface area contributed by atoms with E-state index in [0.29, 0.717) is 23.1 Å². The zero-order valence-corrected chi connectivity index (χ0v) is 22.8. The summed E-state index contributed by atoms with van der Waals surface area (Å²) in [6, 6.07) is 21.9. The monoisotopic (exact) mass is 604 g/mol. The van der Waals surface area contributed by atoms with Crippen LogP contribution in [0.5, 0.6) is 0 Å². The van der Waals surface area contributed by atoms with Crippen LogP contribution in [0.1, 0.15) is 46.8 Å². The molecule has 178 valence electrons. The van der Waals surface area contributed by atoms with Crippen molar-refractivity contribution >= 4 is 47.8 Å². The molecule has 8 heteroatoms. The fourth-order valence-corrected chi connectivity index (χ4v) is 6.80. The van der Waals surface area contributed by atoms with E-state index in [1.54, 1.807) is 24.1 Å². The fourth-order valence-electron chi connectivity index (χ4n) is 4.33. The zero-order chi connectivity index (χ0) is 24.3. The number of hydrogen-bond donors (Lipinski definition) is 0. The first kappa shape index (κ1) is 25.1. The van der Waals surface area contributed by atoms with E-state index < -0.39 is 10.0 Å². The van der Waals surface area contributed by atoms with E-state index in [-0.39, 0.29) is 16.8 Å². The molecule has 3 aromatic rings. The van der Waals surface area contributed by atoms with Gasteiger partial charge in [-0.2, -0.15) is 4.31 Å². The van der Waals surface area contributed by atoms with E-state index in [4.69, 9.17) is 0 Å². The van der Waals surface area contributed by atoms with Crippen LogP contribution >= 0.6 is 31.9 Å². The Bertz CT molecular complexity index is 1280. The average molecular weight is 606 g/mol. The number of rotatable bonds is 6. The van der Waals surface area contributed by atoms with Crippen molar-refractivity contribution in [3.63, 3.8) is 0 Å².